The van der Waals surface area contributed by atoms with Crippen molar-refractivity contribution in [2.75, 3.05) is 0 Å². The van der Waals surface area contributed by atoms with Crippen LogP contribution in [0.15, 0.2) is 12.2 Å². The predicted molar refractivity (Wildman–Crippen MR) is 93.8 cm³/mol. The van der Waals surface area contributed by atoms with E-state index in [-0.39, 0.29) is 0 Å². The molecule has 0 aromatic heterocycles. The van der Waals surface area contributed by atoms with Crippen LogP contribution in [0.5, 0.6) is 0 Å². The molecule has 1 heterocycles. The van der Waals surface area contributed by atoms with Crippen LogP contribution in [0.2, 0.25) is 0 Å². The number of hydrogen-bond donors (Lipinski definition) is 0. The van der Waals surface area contributed by atoms with E-state index in [0.717, 1.165) is 0 Å². The van der Waals surface area contributed by atoms with Crippen molar-refractivity contribution in [2.45, 2.75) is 116 Å². The van der Waals surface area contributed by atoms with Crippen molar-refractivity contribution in [3.63, 3.8) is 0 Å². The molecule has 2 atom stereocenters. The Kier molecular flexibility index (Phi) is 11.9. The fraction of sp³-hybridized carbons (Fsp3) is 0.900. The number of hydrogen-bond acceptors (Lipinski definition) is 1. The van der Waals surface area contributed by atoms with E-state index in [0.29, 0.717) is 12.2 Å². The van der Waals surface area contributed by atoms with E-state index in [4.69, 9.17) is 4.74 Å². The highest BCUT2D eigenvalue weighted by Gasteiger charge is 2.34. The van der Waals surface area contributed by atoms with Gasteiger partial charge < -0.3 is 4.74 Å². The summed E-state index contributed by atoms with van der Waals surface area (Å²) in [7, 11) is 0. The zero-order valence-corrected chi connectivity index (χ0v) is 14.6. The van der Waals surface area contributed by atoms with Crippen molar-refractivity contribution in [3.8, 4) is 0 Å². The third-order valence-electron chi connectivity index (χ3n) is 4.51. The molecule has 1 fully saturated rings. The molecule has 0 radical (unpaired) electrons. The van der Waals surface area contributed by atoms with E-state index in [1.807, 2.05) is 0 Å². The normalized spacial score (nSPS) is 21.2. The Labute approximate surface area is 133 Å². The molecular weight excluding hydrogens is 256 g/mol. The van der Waals surface area contributed by atoms with E-state index < -0.39 is 0 Å². The lowest BCUT2D eigenvalue weighted by Crippen LogP contribution is -1.89. The summed E-state index contributed by atoms with van der Waals surface area (Å²) in [4.78, 5) is 0. The summed E-state index contributed by atoms with van der Waals surface area (Å²) in [5.41, 5.74) is 0. The van der Waals surface area contributed by atoms with Gasteiger partial charge in [0.2, 0.25) is 0 Å². The number of allylic oxidation sites excluding steroid dienone is 1. The molecule has 124 valence electrons. The average molecular weight is 295 g/mol. The Morgan fingerprint density at radius 1 is 0.714 bits per heavy atom. The predicted octanol–water partition coefficient (Wildman–Crippen LogP) is 6.81. The standard InChI is InChI=1S/C20H38O/c1-3-5-7-8-9-10-11-12-13-14-15-16-18-20-19(21-20)17-6-4-2/h16,18-20H,3-15,17H2,1-2H3/b18-16-/t19-,20-/m0/s1. The van der Waals surface area contributed by atoms with Crippen molar-refractivity contribution in [1.29, 1.82) is 0 Å². The fourth-order valence-electron chi connectivity index (χ4n) is 2.94. The number of rotatable bonds is 15. The van der Waals surface area contributed by atoms with Crippen LogP contribution in [0.1, 0.15) is 104 Å². The Morgan fingerprint density at radius 2 is 1.29 bits per heavy atom. The molecule has 0 N–H and O–H groups in total. The van der Waals surface area contributed by atoms with Crippen LogP contribution in [0, 0.1) is 0 Å². The van der Waals surface area contributed by atoms with Crippen LogP contribution >= 0.6 is 0 Å². The van der Waals surface area contributed by atoms with Gasteiger partial charge in [0.15, 0.2) is 0 Å². The second-order valence-corrected chi connectivity index (χ2v) is 6.68. The topological polar surface area (TPSA) is 12.5 Å². The van der Waals surface area contributed by atoms with Gasteiger partial charge in [-0.05, 0) is 19.3 Å². The molecule has 1 nitrogen and oxygen atoms in total. The first-order chi connectivity index (χ1) is 10.4. The van der Waals surface area contributed by atoms with Crippen molar-refractivity contribution in [2.24, 2.45) is 0 Å². The molecule has 0 aromatic rings. The van der Waals surface area contributed by atoms with Gasteiger partial charge in [0.05, 0.1) is 6.10 Å². The average Bonchev–Trinajstić information content (AvgIpc) is 3.24. The molecule has 0 aromatic carbocycles. The molecule has 0 bridgehead atoms. The third kappa shape index (κ3) is 11.0. The second-order valence-electron chi connectivity index (χ2n) is 6.68. The summed E-state index contributed by atoms with van der Waals surface area (Å²) in [6, 6.07) is 0. The van der Waals surface area contributed by atoms with Crippen molar-refractivity contribution in [1.82, 2.24) is 0 Å². The quantitative estimate of drug-likeness (QED) is 0.183. The first-order valence-corrected chi connectivity index (χ1v) is 9.70. The molecule has 1 aliphatic heterocycles. The molecule has 21 heavy (non-hydrogen) atoms. The largest absolute Gasteiger partial charge is 0.365 e. The highest BCUT2D eigenvalue weighted by molar-refractivity contribution is 5.02. The van der Waals surface area contributed by atoms with Gasteiger partial charge in [-0.15, -0.1) is 0 Å². The molecule has 0 amide bonds. The van der Waals surface area contributed by atoms with E-state index in [9.17, 15) is 0 Å². The molecular formula is C20H38O. The summed E-state index contributed by atoms with van der Waals surface area (Å²) in [6.45, 7) is 4.54. The van der Waals surface area contributed by atoms with Gasteiger partial charge in [0.1, 0.15) is 6.10 Å². The Bertz CT molecular complexity index is 246. The summed E-state index contributed by atoms with van der Waals surface area (Å²) in [5, 5.41) is 0. The molecule has 1 heteroatoms. The second kappa shape index (κ2) is 13.4. The molecule has 1 aliphatic rings. The van der Waals surface area contributed by atoms with E-state index in [1.165, 1.54) is 89.9 Å². The van der Waals surface area contributed by atoms with Gasteiger partial charge in [0, 0.05) is 0 Å². The van der Waals surface area contributed by atoms with E-state index >= 15 is 0 Å². The SMILES string of the molecule is CCCCCCCCCCCC/C=C\[C@@H]1O[C@H]1CCCC. The molecule has 1 rings (SSSR count). The Balaban J connectivity index is 1.75. The van der Waals surface area contributed by atoms with E-state index in [1.54, 1.807) is 0 Å². The van der Waals surface area contributed by atoms with Crippen molar-refractivity contribution >= 4 is 0 Å². The van der Waals surface area contributed by atoms with Gasteiger partial charge in [-0.25, -0.2) is 0 Å². The molecule has 0 aliphatic carbocycles. The minimum Gasteiger partial charge on any atom is -0.365 e. The minimum absolute atomic E-state index is 0.458. The molecule has 1 saturated heterocycles. The smallest absolute Gasteiger partial charge is 0.102 e. The zero-order chi connectivity index (χ0) is 15.2. The lowest BCUT2D eigenvalue weighted by Gasteiger charge is -2.01. The Morgan fingerprint density at radius 3 is 1.90 bits per heavy atom. The first kappa shape index (κ1) is 18.7. The van der Waals surface area contributed by atoms with Crippen LogP contribution in [0.3, 0.4) is 0 Å². The fourth-order valence-corrected chi connectivity index (χ4v) is 2.94. The lowest BCUT2D eigenvalue weighted by molar-refractivity contribution is 0.375. The number of unbranched alkanes of at least 4 members (excludes halogenated alkanes) is 11. The maximum absolute atomic E-state index is 5.63. The highest BCUT2D eigenvalue weighted by atomic mass is 16.6. The van der Waals surface area contributed by atoms with Gasteiger partial charge in [-0.1, -0.05) is 96.6 Å². The van der Waals surface area contributed by atoms with Crippen LogP contribution in [-0.2, 0) is 4.74 Å². The zero-order valence-electron chi connectivity index (χ0n) is 14.6. The van der Waals surface area contributed by atoms with Gasteiger partial charge in [-0.3, -0.25) is 0 Å². The summed E-state index contributed by atoms with van der Waals surface area (Å²) in [5.74, 6) is 0. The van der Waals surface area contributed by atoms with Crippen LogP contribution in [0.25, 0.3) is 0 Å². The van der Waals surface area contributed by atoms with E-state index in [2.05, 4.69) is 26.0 Å². The molecule has 0 spiro atoms. The maximum atomic E-state index is 5.63. The highest BCUT2D eigenvalue weighted by Crippen LogP contribution is 2.28. The van der Waals surface area contributed by atoms with Gasteiger partial charge in [0.25, 0.3) is 0 Å². The molecule has 0 saturated carbocycles. The van der Waals surface area contributed by atoms with Crippen LogP contribution < -0.4 is 0 Å². The Hall–Kier alpha value is -0.300. The summed E-state index contributed by atoms with van der Waals surface area (Å²) in [6.07, 6.45) is 25.0. The first-order valence-electron chi connectivity index (χ1n) is 9.70. The van der Waals surface area contributed by atoms with Crippen LogP contribution in [0.4, 0.5) is 0 Å². The van der Waals surface area contributed by atoms with Gasteiger partial charge in [-0.2, -0.15) is 0 Å². The van der Waals surface area contributed by atoms with Crippen molar-refractivity contribution < 1.29 is 4.74 Å². The summed E-state index contributed by atoms with van der Waals surface area (Å²) >= 11 is 0. The maximum Gasteiger partial charge on any atom is 0.102 e. The van der Waals surface area contributed by atoms with Gasteiger partial charge >= 0.3 is 0 Å². The minimum atomic E-state index is 0.458. The van der Waals surface area contributed by atoms with Crippen LogP contribution in [-0.4, -0.2) is 12.2 Å². The third-order valence-corrected chi connectivity index (χ3v) is 4.51. The monoisotopic (exact) mass is 294 g/mol. The molecule has 0 unspecified atom stereocenters. The number of epoxide rings is 1. The van der Waals surface area contributed by atoms with Crippen molar-refractivity contribution in [3.05, 3.63) is 12.2 Å². The number of ether oxygens (including phenoxy) is 1. The summed E-state index contributed by atoms with van der Waals surface area (Å²) < 4.78 is 5.63. The lowest BCUT2D eigenvalue weighted by atomic mass is 10.1.